The number of ether oxygens (including phenoxy) is 2. The van der Waals surface area contributed by atoms with Crippen molar-refractivity contribution in [1.29, 1.82) is 0 Å². The van der Waals surface area contributed by atoms with E-state index in [-0.39, 0.29) is 17.4 Å². The number of rotatable bonds is 5. The predicted octanol–water partition coefficient (Wildman–Crippen LogP) is 2.05. The largest absolute Gasteiger partial charge is 0.480 e. The van der Waals surface area contributed by atoms with Crippen molar-refractivity contribution in [3.8, 4) is 11.5 Å². The molecule has 1 aromatic rings. The molecule has 1 heterocycles. The lowest BCUT2D eigenvalue weighted by Gasteiger charge is -2.14. The minimum Gasteiger partial charge on any atom is -0.480 e. The Morgan fingerprint density at radius 3 is 2.85 bits per heavy atom. The van der Waals surface area contributed by atoms with Gasteiger partial charge < -0.3 is 19.9 Å². The summed E-state index contributed by atoms with van der Waals surface area (Å²) in [6, 6.07) is 1.99. The second kappa shape index (κ2) is 6.00. The summed E-state index contributed by atoms with van der Waals surface area (Å²) in [5, 5.41) is 11.7. The van der Waals surface area contributed by atoms with E-state index in [1.54, 1.807) is 0 Å². The molecule has 1 amide bonds. The molecule has 1 aliphatic rings. The molecule has 2 N–H and O–H groups in total. The zero-order chi connectivity index (χ0) is 14.7. The van der Waals surface area contributed by atoms with Crippen LogP contribution in [0.2, 0.25) is 5.02 Å². The number of amides is 1. The molecule has 7 heteroatoms. The number of hydrogen-bond acceptors (Lipinski definition) is 4. The Bertz CT molecular complexity index is 546. The van der Waals surface area contributed by atoms with Gasteiger partial charge in [0, 0.05) is 5.56 Å². The summed E-state index contributed by atoms with van der Waals surface area (Å²) in [7, 11) is 0. The van der Waals surface area contributed by atoms with Crippen molar-refractivity contribution in [2.75, 3.05) is 6.79 Å². The SMILES string of the molecule is CCC[C@H](NC(=O)c1cc(Cl)c2c(c1)OCO2)C(=O)O. The maximum atomic E-state index is 12.1. The van der Waals surface area contributed by atoms with Gasteiger partial charge in [-0.15, -0.1) is 0 Å². The lowest BCUT2D eigenvalue weighted by atomic mass is 10.1. The molecular weight excluding hydrogens is 286 g/mol. The van der Waals surface area contributed by atoms with Gasteiger partial charge in [0.2, 0.25) is 6.79 Å². The number of carboxylic acids is 1. The standard InChI is InChI=1S/C13H14ClNO5/c1-2-3-9(13(17)18)15-12(16)7-4-8(14)11-10(5-7)19-6-20-11/h4-5,9H,2-3,6H2,1H3,(H,15,16)(H,17,18)/t9-/m0/s1. The molecule has 0 aliphatic carbocycles. The van der Waals surface area contributed by atoms with Crippen LogP contribution in [0.1, 0.15) is 30.1 Å². The average Bonchev–Trinajstić information content (AvgIpc) is 2.86. The van der Waals surface area contributed by atoms with Crippen molar-refractivity contribution < 1.29 is 24.2 Å². The van der Waals surface area contributed by atoms with Crippen molar-refractivity contribution in [3.63, 3.8) is 0 Å². The van der Waals surface area contributed by atoms with E-state index in [4.69, 9.17) is 26.2 Å². The Labute approximate surface area is 120 Å². The fourth-order valence-corrected chi connectivity index (χ4v) is 2.15. The average molecular weight is 300 g/mol. The number of halogens is 1. The lowest BCUT2D eigenvalue weighted by molar-refractivity contribution is -0.139. The first-order chi connectivity index (χ1) is 9.52. The third-order valence-electron chi connectivity index (χ3n) is 2.87. The molecule has 6 nitrogen and oxygen atoms in total. The van der Waals surface area contributed by atoms with Crippen LogP contribution in [-0.4, -0.2) is 29.8 Å². The third kappa shape index (κ3) is 2.96. The molecule has 0 unspecified atom stereocenters. The summed E-state index contributed by atoms with van der Waals surface area (Å²) in [5.74, 6) is -0.797. The second-order valence-corrected chi connectivity index (χ2v) is 4.75. The number of benzene rings is 1. The van der Waals surface area contributed by atoms with Crippen LogP contribution in [0.15, 0.2) is 12.1 Å². The minimum atomic E-state index is -1.06. The molecule has 108 valence electrons. The fraction of sp³-hybridized carbons (Fsp3) is 0.385. The molecule has 1 atom stereocenters. The number of hydrogen-bond donors (Lipinski definition) is 2. The van der Waals surface area contributed by atoms with Gasteiger partial charge in [-0.1, -0.05) is 24.9 Å². The molecule has 0 spiro atoms. The first-order valence-electron chi connectivity index (χ1n) is 6.15. The molecule has 1 aromatic carbocycles. The van der Waals surface area contributed by atoms with Gasteiger partial charge in [-0.05, 0) is 18.6 Å². The smallest absolute Gasteiger partial charge is 0.326 e. The van der Waals surface area contributed by atoms with Crippen molar-refractivity contribution in [2.45, 2.75) is 25.8 Å². The fourth-order valence-electron chi connectivity index (χ4n) is 1.89. The van der Waals surface area contributed by atoms with Crippen molar-refractivity contribution in [2.24, 2.45) is 0 Å². The maximum absolute atomic E-state index is 12.1. The normalized spacial score (nSPS) is 13.9. The van der Waals surface area contributed by atoms with Crippen molar-refractivity contribution in [3.05, 3.63) is 22.7 Å². The number of aliphatic carboxylic acids is 1. The highest BCUT2D eigenvalue weighted by Crippen LogP contribution is 2.39. The van der Waals surface area contributed by atoms with E-state index in [1.807, 2.05) is 6.92 Å². The zero-order valence-corrected chi connectivity index (χ0v) is 11.6. The van der Waals surface area contributed by atoms with E-state index in [0.717, 1.165) is 0 Å². The molecule has 0 bridgehead atoms. The van der Waals surface area contributed by atoms with Crippen LogP contribution in [0.3, 0.4) is 0 Å². The summed E-state index contributed by atoms with van der Waals surface area (Å²) < 4.78 is 10.3. The summed E-state index contributed by atoms with van der Waals surface area (Å²) in [4.78, 5) is 23.1. The van der Waals surface area contributed by atoms with Gasteiger partial charge in [0.1, 0.15) is 6.04 Å². The van der Waals surface area contributed by atoms with Gasteiger partial charge in [0.15, 0.2) is 11.5 Å². The van der Waals surface area contributed by atoms with Gasteiger partial charge in [-0.3, -0.25) is 4.79 Å². The first-order valence-corrected chi connectivity index (χ1v) is 6.53. The second-order valence-electron chi connectivity index (χ2n) is 4.34. The third-order valence-corrected chi connectivity index (χ3v) is 3.15. The highest BCUT2D eigenvalue weighted by Gasteiger charge is 2.23. The van der Waals surface area contributed by atoms with Crippen LogP contribution in [0, 0.1) is 0 Å². The summed E-state index contributed by atoms with van der Waals surface area (Å²) in [5.41, 5.74) is 0.238. The van der Waals surface area contributed by atoms with E-state index < -0.39 is 17.9 Å². The van der Waals surface area contributed by atoms with Gasteiger partial charge in [-0.2, -0.15) is 0 Å². The molecular formula is C13H14ClNO5. The van der Waals surface area contributed by atoms with Crippen LogP contribution in [0.25, 0.3) is 0 Å². The molecule has 20 heavy (non-hydrogen) atoms. The quantitative estimate of drug-likeness (QED) is 0.869. The summed E-state index contributed by atoms with van der Waals surface area (Å²) in [6.07, 6.45) is 1.01. The number of nitrogens with one attached hydrogen (secondary N) is 1. The number of carbonyl (C=O) groups excluding carboxylic acids is 1. The van der Waals surface area contributed by atoms with E-state index in [1.165, 1.54) is 12.1 Å². The van der Waals surface area contributed by atoms with Gasteiger partial charge in [0.05, 0.1) is 5.02 Å². The van der Waals surface area contributed by atoms with E-state index in [9.17, 15) is 9.59 Å². The van der Waals surface area contributed by atoms with Crippen molar-refractivity contribution in [1.82, 2.24) is 5.32 Å². The number of carbonyl (C=O) groups is 2. The molecule has 0 saturated carbocycles. The highest BCUT2D eigenvalue weighted by atomic mass is 35.5. The Morgan fingerprint density at radius 1 is 1.45 bits per heavy atom. The minimum absolute atomic E-state index is 0.0493. The molecule has 1 aliphatic heterocycles. The monoisotopic (exact) mass is 299 g/mol. The Balaban J connectivity index is 2.17. The molecule has 0 fully saturated rings. The summed E-state index contributed by atoms with van der Waals surface area (Å²) >= 11 is 5.98. The van der Waals surface area contributed by atoms with Crippen LogP contribution in [0.5, 0.6) is 11.5 Å². The van der Waals surface area contributed by atoms with Crippen LogP contribution in [-0.2, 0) is 4.79 Å². The Hall–Kier alpha value is -1.95. The number of carboxylic acid groups (broad SMARTS) is 1. The van der Waals surface area contributed by atoms with Crippen LogP contribution >= 0.6 is 11.6 Å². The van der Waals surface area contributed by atoms with Crippen LogP contribution in [0.4, 0.5) is 0 Å². The molecule has 0 radical (unpaired) electrons. The van der Waals surface area contributed by atoms with E-state index in [2.05, 4.69) is 5.32 Å². The van der Waals surface area contributed by atoms with Gasteiger partial charge >= 0.3 is 5.97 Å². The Morgan fingerprint density at radius 2 is 2.20 bits per heavy atom. The van der Waals surface area contributed by atoms with Crippen LogP contribution < -0.4 is 14.8 Å². The predicted molar refractivity (Wildman–Crippen MR) is 71.4 cm³/mol. The molecule has 0 saturated heterocycles. The molecule has 0 aromatic heterocycles. The maximum Gasteiger partial charge on any atom is 0.326 e. The summed E-state index contributed by atoms with van der Waals surface area (Å²) in [6.45, 7) is 1.90. The zero-order valence-electron chi connectivity index (χ0n) is 10.8. The topological polar surface area (TPSA) is 84.9 Å². The van der Waals surface area contributed by atoms with E-state index >= 15 is 0 Å². The lowest BCUT2D eigenvalue weighted by Crippen LogP contribution is -2.40. The van der Waals surface area contributed by atoms with E-state index in [0.29, 0.717) is 24.3 Å². The molecule has 2 rings (SSSR count). The van der Waals surface area contributed by atoms with Gasteiger partial charge in [-0.25, -0.2) is 4.79 Å². The number of fused-ring (bicyclic) bond motifs is 1. The highest BCUT2D eigenvalue weighted by molar-refractivity contribution is 6.32. The van der Waals surface area contributed by atoms with Gasteiger partial charge in [0.25, 0.3) is 5.91 Å². The Kier molecular flexibility index (Phi) is 4.34. The first kappa shape index (κ1) is 14.5. The van der Waals surface area contributed by atoms with Crippen molar-refractivity contribution >= 4 is 23.5 Å².